The highest BCUT2D eigenvalue weighted by Crippen LogP contribution is 2.24. The van der Waals surface area contributed by atoms with Gasteiger partial charge in [-0.25, -0.2) is 9.59 Å². The fourth-order valence-electron chi connectivity index (χ4n) is 3.79. The van der Waals surface area contributed by atoms with Crippen molar-refractivity contribution in [3.63, 3.8) is 0 Å². The zero-order valence-electron chi connectivity index (χ0n) is 18.3. The van der Waals surface area contributed by atoms with E-state index in [9.17, 15) is 14.4 Å². The lowest BCUT2D eigenvalue weighted by Gasteiger charge is -2.24. The summed E-state index contributed by atoms with van der Waals surface area (Å²) >= 11 is 5.88. The number of carboxylic acids is 1. The summed E-state index contributed by atoms with van der Waals surface area (Å²) in [5.74, 6) is -1.21. The van der Waals surface area contributed by atoms with Crippen LogP contribution in [0.2, 0.25) is 5.02 Å². The number of anilines is 2. The molecule has 9 heteroatoms. The molecule has 1 aliphatic rings. The number of carbonyl (C=O) groups excluding carboxylic acids is 2. The summed E-state index contributed by atoms with van der Waals surface area (Å²) in [6, 6.07) is 19.8. The first-order valence-corrected chi connectivity index (χ1v) is 10.9. The van der Waals surface area contributed by atoms with Gasteiger partial charge in [-0.15, -0.1) is 0 Å². The molecule has 0 unspecified atom stereocenters. The highest BCUT2D eigenvalue weighted by atomic mass is 35.5. The van der Waals surface area contributed by atoms with Crippen LogP contribution >= 0.6 is 11.6 Å². The summed E-state index contributed by atoms with van der Waals surface area (Å²) < 4.78 is 0. The standard InChI is InChI=1S/C25H22ClN3O4.H3N/c26-19-9-13-21(14-10-19)28-25(33)29-15-1-2-22(29)23(30)27-20-11-7-17(8-12-20)16-3-5-18(6-4-16)24(31)32;/h3-14,22H,1-2,15H2,(H,27,30)(H,28,33)(H,31,32);1H3/t22-;/m1./s1. The zero-order chi connectivity index (χ0) is 23.4. The SMILES string of the molecule is N.O=C(O)c1ccc(-c2ccc(NC(=O)[C@H]3CCCN3C(=O)Nc3ccc(Cl)cc3)cc2)cc1. The van der Waals surface area contributed by atoms with Crippen molar-refractivity contribution < 1.29 is 19.5 Å². The number of urea groups is 1. The van der Waals surface area contributed by atoms with Crippen molar-refractivity contribution >= 4 is 40.9 Å². The molecule has 0 spiro atoms. The average Bonchev–Trinajstić information content (AvgIpc) is 3.32. The summed E-state index contributed by atoms with van der Waals surface area (Å²) in [7, 11) is 0. The van der Waals surface area contributed by atoms with Crippen molar-refractivity contribution in [3.8, 4) is 11.1 Å². The number of amides is 3. The molecule has 1 heterocycles. The topological polar surface area (TPSA) is 134 Å². The first kappa shape index (κ1) is 24.8. The Labute approximate surface area is 202 Å². The highest BCUT2D eigenvalue weighted by molar-refractivity contribution is 6.30. The maximum atomic E-state index is 12.9. The van der Waals surface area contributed by atoms with Crippen LogP contribution < -0.4 is 16.8 Å². The van der Waals surface area contributed by atoms with E-state index in [0.29, 0.717) is 29.4 Å². The van der Waals surface area contributed by atoms with Crippen molar-refractivity contribution in [2.75, 3.05) is 17.2 Å². The Bertz CT molecular complexity index is 1170. The Morgan fingerprint density at radius 1 is 0.824 bits per heavy atom. The lowest BCUT2D eigenvalue weighted by Crippen LogP contribution is -2.45. The summed E-state index contributed by atoms with van der Waals surface area (Å²) in [6.45, 7) is 0.503. The second kappa shape index (κ2) is 10.8. The number of hydrogen-bond donors (Lipinski definition) is 4. The van der Waals surface area contributed by atoms with Crippen LogP contribution in [0.3, 0.4) is 0 Å². The fraction of sp³-hybridized carbons (Fsp3) is 0.160. The van der Waals surface area contributed by atoms with Gasteiger partial charge < -0.3 is 26.8 Å². The Hall–Kier alpha value is -3.88. The Morgan fingerprint density at radius 3 is 1.94 bits per heavy atom. The van der Waals surface area contributed by atoms with Gasteiger partial charge in [0.25, 0.3) is 0 Å². The second-order valence-electron chi connectivity index (χ2n) is 7.74. The Morgan fingerprint density at radius 2 is 1.35 bits per heavy atom. The van der Waals surface area contributed by atoms with Gasteiger partial charge in [-0.1, -0.05) is 35.9 Å². The Balaban J connectivity index is 0.00000324. The number of benzene rings is 3. The molecule has 3 aromatic rings. The van der Waals surface area contributed by atoms with Crippen LogP contribution in [0, 0.1) is 0 Å². The van der Waals surface area contributed by atoms with Crippen molar-refractivity contribution in [1.82, 2.24) is 11.1 Å². The zero-order valence-corrected chi connectivity index (χ0v) is 19.1. The molecule has 1 atom stereocenters. The number of carbonyl (C=O) groups is 3. The number of hydrogen-bond acceptors (Lipinski definition) is 4. The molecular formula is C25H25ClN4O4. The molecule has 0 saturated carbocycles. The molecule has 1 saturated heterocycles. The highest BCUT2D eigenvalue weighted by Gasteiger charge is 2.34. The van der Waals surface area contributed by atoms with E-state index >= 15 is 0 Å². The fourth-order valence-corrected chi connectivity index (χ4v) is 3.91. The number of likely N-dealkylation sites (tertiary alicyclic amines) is 1. The monoisotopic (exact) mass is 480 g/mol. The van der Waals surface area contributed by atoms with E-state index in [1.165, 1.54) is 0 Å². The van der Waals surface area contributed by atoms with Gasteiger partial charge in [0.2, 0.25) is 5.91 Å². The minimum Gasteiger partial charge on any atom is -0.478 e. The molecule has 0 aliphatic carbocycles. The molecule has 4 rings (SSSR count). The van der Waals surface area contributed by atoms with Crippen LogP contribution in [0.1, 0.15) is 23.2 Å². The van der Waals surface area contributed by atoms with E-state index in [1.807, 2.05) is 12.1 Å². The van der Waals surface area contributed by atoms with Crippen LogP contribution in [0.5, 0.6) is 0 Å². The summed E-state index contributed by atoms with van der Waals surface area (Å²) in [5, 5.41) is 15.3. The van der Waals surface area contributed by atoms with E-state index in [-0.39, 0.29) is 23.7 Å². The maximum Gasteiger partial charge on any atom is 0.335 e. The van der Waals surface area contributed by atoms with E-state index in [1.54, 1.807) is 65.6 Å². The number of nitrogens with zero attached hydrogens (tertiary/aromatic N) is 1. The molecule has 6 N–H and O–H groups in total. The summed E-state index contributed by atoms with van der Waals surface area (Å²) in [4.78, 5) is 38.1. The maximum absolute atomic E-state index is 12.9. The third-order valence-electron chi connectivity index (χ3n) is 5.53. The molecule has 0 radical (unpaired) electrons. The van der Waals surface area contributed by atoms with Crippen LogP contribution in [0.25, 0.3) is 11.1 Å². The van der Waals surface area contributed by atoms with E-state index < -0.39 is 12.0 Å². The van der Waals surface area contributed by atoms with Crippen LogP contribution in [0.15, 0.2) is 72.8 Å². The van der Waals surface area contributed by atoms with E-state index in [0.717, 1.165) is 17.5 Å². The molecule has 0 bridgehead atoms. The van der Waals surface area contributed by atoms with E-state index in [4.69, 9.17) is 16.7 Å². The largest absolute Gasteiger partial charge is 0.478 e. The van der Waals surface area contributed by atoms with Crippen molar-refractivity contribution in [1.29, 1.82) is 0 Å². The van der Waals surface area contributed by atoms with E-state index in [2.05, 4.69) is 10.6 Å². The molecule has 8 nitrogen and oxygen atoms in total. The summed E-state index contributed by atoms with van der Waals surface area (Å²) in [6.07, 6.45) is 1.34. The van der Waals surface area contributed by atoms with Gasteiger partial charge in [0.1, 0.15) is 6.04 Å². The first-order valence-electron chi connectivity index (χ1n) is 10.5. The van der Waals surface area contributed by atoms with Gasteiger partial charge in [0.05, 0.1) is 5.56 Å². The third kappa shape index (κ3) is 5.72. The minimum atomic E-state index is -0.970. The quantitative estimate of drug-likeness (QED) is 0.382. The molecule has 3 amide bonds. The van der Waals surface area contributed by atoms with Crippen LogP contribution in [-0.4, -0.2) is 40.5 Å². The third-order valence-corrected chi connectivity index (χ3v) is 5.78. The van der Waals surface area contributed by atoms with Crippen LogP contribution in [0.4, 0.5) is 16.2 Å². The number of nitrogens with one attached hydrogen (secondary N) is 2. The number of rotatable bonds is 5. The second-order valence-corrected chi connectivity index (χ2v) is 8.17. The van der Waals surface area contributed by atoms with Gasteiger partial charge in [-0.3, -0.25) is 4.79 Å². The predicted molar refractivity (Wildman–Crippen MR) is 133 cm³/mol. The molecular weight excluding hydrogens is 456 g/mol. The smallest absolute Gasteiger partial charge is 0.335 e. The molecule has 176 valence electrons. The molecule has 1 fully saturated rings. The normalized spacial score (nSPS) is 14.7. The summed E-state index contributed by atoms with van der Waals surface area (Å²) in [5.41, 5.74) is 3.23. The molecule has 3 aromatic carbocycles. The predicted octanol–water partition coefficient (Wildman–Crippen LogP) is 5.50. The lowest BCUT2D eigenvalue weighted by molar-refractivity contribution is -0.119. The van der Waals surface area contributed by atoms with Crippen molar-refractivity contribution in [2.24, 2.45) is 0 Å². The van der Waals surface area contributed by atoms with Gasteiger partial charge in [-0.2, -0.15) is 0 Å². The van der Waals surface area contributed by atoms with Crippen molar-refractivity contribution in [2.45, 2.75) is 18.9 Å². The number of carboxylic acid groups (broad SMARTS) is 1. The Kier molecular flexibility index (Phi) is 7.88. The first-order chi connectivity index (χ1) is 15.9. The van der Waals surface area contributed by atoms with Gasteiger partial charge >= 0.3 is 12.0 Å². The van der Waals surface area contributed by atoms with Gasteiger partial charge in [0, 0.05) is 22.9 Å². The van der Waals surface area contributed by atoms with Crippen LogP contribution in [-0.2, 0) is 4.79 Å². The molecule has 0 aromatic heterocycles. The van der Waals surface area contributed by atoms with Gasteiger partial charge in [0.15, 0.2) is 0 Å². The average molecular weight is 481 g/mol. The van der Waals surface area contributed by atoms with Gasteiger partial charge in [-0.05, 0) is 72.5 Å². The number of halogens is 1. The molecule has 1 aliphatic heterocycles. The molecule has 34 heavy (non-hydrogen) atoms. The van der Waals surface area contributed by atoms with Crippen molar-refractivity contribution in [3.05, 3.63) is 83.4 Å². The number of aromatic carboxylic acids is 1. The lowest BCUT2D eigenvalue weighted by atomic mass is 10.0. The minimum absolute atomic E-state index is 0.